The highest BCUT2D eigenvalue weighted by molar-refractivity contribution is 6.00. The lowest BCUT2D eigenvalue weighted by Gasteiger charge is -2.38. The minimum Gasteiger partial charge on any atom is -0.351 e. The van der Waals surface area contributed by atoms with Crippen LogP contribution in [0.15, 0.2) is 83.8 Å². The number of likely N-dealkylation sites (tertiary alicyclic amines) is 3. The molecule has 1 atom stereocenters. The number of imidazole rings is 1. The van der Waals surface area contributed by atoms with Gasteiger partial charge in [-0.25, -0.2) is 19.2 Å². The van der Waals surface area contributed by atoms with Crippen molar-refractivity contribution in [1.82, 2.24) is 39.1 Å². The highest BCUT2D eigenvalue weighted by Crippen LogP contribution is 2.33. The molecule has 0 aliphatic carbocycles. The lowest BCUT2D eigenvalue weighted by atomic mass is 9.88. The SMILES string of the molecule is Cn1c(=O)n(C2CCC(=O)NC2=O)c2ccc(C3CCN(CC4CCN(CC(=O)N5CCC(Nc6ncc(F)c(-c7cccc(-c8ccccc8)c7)n6)CC5)CC4)CC3)cc21. The second-order valence-electron chi connectivity index (χ2n) is 17.4. The monoisotopic (exact) mass is 827 g/mol. The summed E-state index contributed by atoms with van der Waals surface area (Å²) in [4.78, 5) is 66.7. The fourth-order valence-electron chi connectivity index (χ4n) is 9.87. The van der Waals surface area contributed by atoms with Gasteiger partial charge in [0.15, 0.2) is 5.82 Å². The number of nitrogens with zero attached hydrogens (tertiary/aromatic N) is 7. The zero-order valence-electron chi connectivity index (χ0n) is 34.8. The fraction of sp³-hybridized carbons (Fsp3) is 0.447. The van der Waals surface area contributed by atoms with Crippen LogP contribution in [0.5, 0.6) is 0 Å². The van der Waals surface area contributed by atoms with Gasteiger partial charge in [-0.15, -0.1) is 0 Å². The first-order valence-corrected chi connectivity index (χ1v) is 21.9. The van der Waals surface area contributed by atoms with Gasteiger partial charge in [-0.05, 0) is 118 Å². The van der Waals surface area contributed by atoms with E-state index in [9.17, 15) is 23.6 Å². The average molecular weight is 828 g/mol. The largest absolute Gasteiger partial charge is 0.351 e. The molecule has 2 N–H and O–H groups in total. The number of benzene rings is 3. The maximum Gasteiger partial charge on any atom is 0.329 e. The maximum absolute atomic E-state index is 15.0. The average Bonchev–Trinajstić information content (AvgIpc) is 3.53. The number of rotatable bonds is 10. The molecule has 2 aromatic heterocycles. The van der Waals surface area contributed by atoms with Crippen LogP contribution >= 0.6 is 0 Å². The van der Waals surface area contributed by atoms with Crippen molar-refractivity contribution in [2.75, 3.05) is 57.7 Å². The van der Waals surface area contributed by atoms with E-state index in [4.69, 9.17) is 0 Å². The van der Waals surface area contributed by atoms with E-state index < -0.39 is 17.8 Å². The van der Waals surface area contributed by atoms with Gasteiger partial charge in [0.25, 0.3) is 0 Å². The highest BCUT2D eigenvalue weighted by atomic mass is 19.1. The lowest BCUT2D eigenvalue weighted by molar-refractivity contribution is -0.136. The number of nitrogens with one attached hydrogen (secondary N) is 2. The molecule has 0 radical (unpaired) electrons. The molecule has 4 saturated heterocycles. The topological polar surface area (TPSA) is 138 Å². The van der Waals surface area contributed by atoms with E-state index in [-0.39, 0.29) is 35.7 Å². The molecule has 3 aromatic carbocycles. The molecule has 0 bridgehead atoms. The van der Waals surface area contributed by atoms with Gasteiger partial charge >= 0.3 is 5.69 Å². The Balaban J connectivity index is 0.706. The van der Waals surface area contributed by atoms with Gasteiger partial charge in [0.2, 0.25) is 23.7 Å². The van der Waals surface area contributed by atoms with E-state index >= 15 is 0 Å². The van der Waals surface area contributed by atoms with E-state index in [0.29, 0.717) is 49.4 Å². The lowest BCUT2D eigenvalue weighted by Crippen LogP contribution is -2.48. The first-order chi connectivity index (χ1) is 29.7. The van der Waals surface area contributed by atoms with Gasteiger partial charge in [-0.1, -0.05) is 54.6 Å². The molecule has 1 unspecified atom stereocenters. The van der Waals surface area contributed by atoms with Crippen LogP contribution in [0, 0.1) is 11.7 Å². The number of imide groups is 1. The fourth-order valence-corrected chi connectivity index (χ4v) is 9.87. The predicted molar refractivity (Wildman–Crippen MR) is 232 cm³/mol. The van der Waals surface area contributed by atoms with E-state index in [2.05, 4.69) is 42.5 Å². The molecule has 6 heterocycles. The summed E-state index contributed by atoms with van der Waals surface area (Å²) in [5.41, 5.74) is 5.53. The smallest absolute Gasteiger partial charge is 0.329 e. The summed E-state index contributed by atoms with van der Waals surface area (Å²) in [5.74, 6) is 0.420. The molecule has 13 nitrogen and oxygen atoms in total. The number of hydrogen-bond donors (Lipinski definition) is 2. The molecule has 4 aliphatic rings. The highest BCUT2D eigenvalue weighted by Gasteiger charge is 2.33. The standard InChI is InChI=1S/C47H54FN9O4/c1-53-41-27-35(10-11-39(41)57(47(53)61)40-12-13-42(58)51-45(40)60)33-16-22-54(23-17-33)29-31-14-20-55(21-15-31)30-43(59)56-24-18-37(19-25-56)50-46-49-28-38(48)44(52-46)36-9-5-8-34(26-36)32-6-3-2-4-7-32/h2-11,26-28,31,33,37,40H,12-25,29-30H2,1H3,(H,49,50,52)(H,51,58,60). The Hall–Kier alpha value is -5.73. The van der Waals surface area contributed by atoms with Crippen molar-refractivity contribution >= 4 is 34.7 Å². The van der Waals surface area contributed by atoms with E-state index in [1.165, 1.54) is 11.8 Å². The predicted octanol–water partition coefficient (Wildman–Crippen LogP) is 5.58. The van der Waals surface area contributed by atoms with Crippen molar-refractivity contribution in [3.05, 3.63) is 101 Å². The molecule has 4 aliphatic heterocycles. The van der Waals surface area contributed by atoms with Crippen LogP contribution in [0.1, 0.15) is 68.9 Å². The third kappa shape index (κ3) is 8.87. The van der Waals surface area contributed by atoms with Crippen LogP contribution in [0.3, 0.4) is 0 Å². The molecule has 3 amide bonds. The van der Waals surface area contributed by atoms with Crippen LogP contribution in [-0.2, 0) is 21.4 Å². The Morgan fingerprint density at radius 1 is 0.787 bits per heavy atom. The van der Waals surface area contributed by atoms with E-state index in [0.717, 1.165) is 93.4 Å². The third-order valence-corrected chi connectivity index (χ3v) is 13.4. The Bertz CT molecular complexity index is 2460. The molecule has 9 rings (SSSR count). The third-order valence-electron chi connectivity index (χ3n) is 13.4. The quantitative estimate of drug-likeness (QED) is 0.173. The summed E-state index contributed by atoms with van der Waals surface area (Å²) < 4.78 is 18.1. The zero-order chi connectivity index (χ0) is 42.0. The van der Waals surface area contributed by atoms with Gasteiger partial charge in [0.05, 0.1) is 23.8 Å². The summed E-state index contributed by atoms with van der Waals surface area (Å²) in [7, 11) is 1.75. The van der Waals surface area contributed by atoms with Crippen molar-refractivity contribution in [3.8, 4) is 22.4 Å². The number of anilines is 1. The molecule has 0 saturated carbocycles. The van der Waals surface area contributed by atoms with Crippen molar-refractivity contribution in [2.45, 2.75) is 69.4 Å². The molecular weight excluding hydrogens is 774 g/mol. The molecule has 318 valence electrons. The van der Waals surface area contributed by atoms with Crippen molar-refractivity contribution in [1.29, 1.82) is 0 Å². The molecule has 14 heteroatoms. The normalized spacial score (nSPS) is 20.3. The summed E-state index contributed by atoms with van der Waals surface area (Å²) in [6.07, 6.45) is 7.60. The number of carbonyl (C=O) groups excluding carboxylic acids is 3. The first-order valence-electron chi connectivity index (χ1n) is 21.9. The van der Waals surface area contributed by atoms with Gasteiger partial charge in [-0.2, -0.15) is 0 Å². The number of piperidine rings is 4. The first kappa shape index (κ1) is 40.7. The molecule has 0 spiro atoms. The maximum atomic E-state index is 15.0. The second kappa shape index (κ2) is 17.7. The number of carbonyl (C=O) groups is 3. The summed E-state index contributed by atoms with van der Waals surface area (Å²) in [6.45, 7) is 6.78. The molecule has 61 heavy (non-hydrogen) atoms. The summed E-state index contributed by atoms with van der Waals surface area (Å²) >= 11 is 0. The number of halogens is 1. The van der Waals surface area contributed by atoms with Crippen molar-refractivity contribution in [2.24, 2.45) is 13.0 Å². The molecule has 4 fully saturated rings. The number of hydrogen-bond acceptors (Lipinski definition) is 9. The van der Waals surface area contributed by atoms with Crippen molar-refractivity contribution in [3.63, 3.8) is 0 Å². The Morgan fingerprint density at radius 3 is 2.26 bits per heavy atom. The van der Waals surface area contributed by atoms with Gasteiger partial charge in [-0.3, -0.25) is 33.7 Å². The van der Waals surface area contributed by atoms with Gasteiger partial charge in [0.1, 0.15) is 11.7 Å². The van der Waals surface area contributed by atoms with Crippen LogP contribution in [-0.4, -0.2) is 110 Å². The minimum atomic E-state index is -0.681. The van der Waals surface area contributed by atoms with Gasteiger partial charge in [0, 0.05) is 44.7 Å². The molecule has 5 aromatic rings. The van der Waals surface area contributed by atoms with Crippen LogP contribution < -0.4 is 16.3 Å². The number of aromatic nitrogens is 4. The Labute approximate surface area is 354 Å². The zero-order valence-corrected chi connectivity index (χ0v) is 34.8. The molecular formula is C47H54FN9O4. The van der Waals surface area contributed by atoms with Crippen LogP contribution in [0.25, 0.3) is 33.4 Å². The Kier molecular flexibility index (Phi) is 11.8. The van der Waals surface area contributed by atoms with Crippen LogP contribution in [0.4, 0.5) is 10.3 Å². The second-order valence-corrected chi connectivity index (χ2v) is 17.4. The van der Waals surface area contributed by atoms with Crippen LogP contribution in [0.2, 0.25) is 0 Å². The van der Waals surface area contributed by atoms with E-state index in [1.807, 2.05) is 65.6 Å². The Morgan fingerprint density at radius 2 is 1.51 bits per heavy atom. The van der Waals surface area contributed by atoms with Gasteiger partial charge < -0.3 is 15.1 Å². The number of fused-ring (bicyclic) bond motifs is 1. The number of aryl methyl sites for hydroxylation is 1. The van der Waals surface area contributed by atoms with E-state index in [1.54, 1.807) is 16.2 Å². The summed E-state index contributed by atoms with van der Waals surface area (Å²) in [5, 5.41) is 5.79. The number of amides is 3. The van der Waals surface area contributed by atoms with Crippen molar-refractivity contribution < 1.29 is 18.8 Å². The summed E-state index contributed by atoms with van der Waals surface area (Å²) in [6, 6.07) is 23.3. The minimum absolute atomic E-state index is 0.0948.